The number of hydrogen-bond acceptors (Lipinski definition) is 4. The number of nitrogens with one attached hydrogen (secondary N) is 2. The van der Waals surface area contributed by atoms with Crippen molar-refractivity contribution >= 4 is 23.0 Å². The summed E-state index contributed by atoms with van der Waals surface area (Å²) < 4.78 is 0. The molecule has 122 valence electrons. The van der Waals surface area contributed by atoms with E-state index in [0.29, 0.717) is 0 Å². The number of benzene rings is 2. The standard InChI is InChI=1S/C20H22N4/c1-4-16-7-5-6-8-18(16)24-20-13-19(21-15(3)22-20)23-17-11-9-14(2)10-12-17/h5-13H,4H2,1-3H3,(H2,21,22,23,24). The lowest BCUT2D eigenvalue weighted by Gasteiger charge is -2.12. The first-order valence-corrected chi connectivity index (χ1v) is 8.18. The summed E-state index contributed by atoms with van der Waals surface area (Å²) >= 11 is 0. The van der Waals surface area contributed by atoms with Crippen molar-refractivity contribution in [2.75, 3.05) is 10.6 Å². The SMILES string of the molecule is CCc1ccccc1Nc1cc(Nc2ccc(C)cc2)nc(C)n1. The zero-order valence-corrected chi connectivity index (χ0v) is 14.3. The smallest absolute Gasteiger partial charge is 0.136 e. The molecular formula is C20H22N4. The number of aromatic nitrogens is 2. The third-order valence-corrected chi connectivity index (χ3v) is 3.82. The van der Waals surface area contributed by atoms with Gasteiger partial charge in [0.05, 0.1) is 0 Å². The van der Waals surface area contributed by atoms with Crippen molar-refractivity contribution in [1.82, 2.24) is 9.97 Å². The Bertz CT molecular complexity index is 825. The van der Waals surface area contributed by atoms with Gasteiger partial charge in [0.1, 0.15) is 17.5 Å². The van der Waals surface area contributed by atoms with Crippen molar-refractivity contribution in [2.45, 2.75) is 27.2 Å². The van der Waals surface area contributed by atoms with Gasteiger partial charge in [0, 0.05) is 17.4 Å². The van der Waals surface area contributed by atoms with Gasteiger partial charge in [0.15, 0.2) is 0 Å². The maximum absolute atomic E-state index is 4.50. The van der Waals surface area contributed by atoms with Gasteiger partial charge in [-0.25, -0.2) is 9.97 Å². The fourth-order valence-electron chi connectivity index (χ4n) is 2.57. The van der Waals surface area contributed by atoms with E-state index in [9.17, 15) is 0 Å². The monoisotopic (exact) mass is 318 g/mol. The minimum absolute atomic E-state index is 0.726. The molecule has 3 aromatic rings. The maximum atomic E-state index is 4.50. The zero-order chi connectivity index (χ0) is 16.9. The summed E-state index contributed by atoms with van der Waals surface area (Å²) in [5, 5.41) is 6.74. The van der Waals surface area contributed by atoms with Crippen molar-refractivity contribution in [3.63, 3.8) is 0 Å². The summed E-state index contributed by atoms with van der Waals surface area (Å²) in [7, 11) is 0. The second-order valence-electron chi connectivity index (χ2n) is 5.81. The van der Waals surface area contributed by atoms with E-state index in [1.807, 2.05) is 31.2 Å². The van der Waals surface area contributed by atoms with Crippen LogP contribution >= 0.6 is 0 Å². The van der Waals surface area contributed by atoms with Gasteiger partial charge in [-0.2, -0.15) is 0 Å². The van der Waals surface area contributed by atoms with Crippen LogP contribution < -0.4 is 10.6 Å². The van der Waals surface area contributed by atoms with Gasteiger partial charge < -0.3 is 10.6 Å². The predicted molar refractivity (Wildman–Crippen MR) is 100 cm³/mol. The van der Waals surface area contributed by atoms with E-state index in [0.717, 1.165) is 35.3 Å². The molecule has 0 unspecified atom stereocenters. The van der Waals surface area contributed by atoms with Gasteiger partial charge in [-0.3, -0.25) is 0 Å². The number of hydrogen-bond donors (Lipinski definition) is 2. The lowest BCUT2D eigenvalue weighted by atomic mass is 10.1. The third-order valence-electron chi connectivity index (χ3n) is 3.82. The molecule has 0 aliphatic heterocycles. The molecule has 1 heterocycles. The summed E-state index contributed by atoms with van der Waals surface area (Å²) in [5.74, 6) is 2.30. The second kappa shape index (κ2) is 7.13. The average Bonchev–Trinajstić information content (AvgIpc) is 2.57. The van der Waals surface area contributed by atoms with Crippen LogP contribution in [0.25, 0.3) is 0 Å². The largest absolute Gasteiger partial charge is 0.340 e. The molecule has 0 saturated heterocycles. The summed E-state index contributed by atoms with van der Waals surface area (Å²) in [6, 6.07) is 18.5. The maximum Gasteiger partial charge on any atom is 0.136 e. The van der Waals surface area contributed by atoms with Crippen LogP contribution in [0.3, 0.4) is 0 Å². The Balaban J connectivity index is 1.84. The Labute approximate surface area is 143 Å². The Kier molecular flexibility index (Phi) is 4.75. The topological polar surface area (TPSA) is 49.8 Å². The Morgan fingerprint density at radius 2 is 1.50 bits per heavy atom. The molecule has 3 rings (SSSR count). The van der Waals surface area contributed by atoms with Crippen LogP contribution in [-0.4, -0.2) is 9.97 Å². The van der Waals surface area contributed by atoms with E-state index in [-0.39, 0.29) is 0 Å². The molecule has 0 radical (unpaired) electrons. The van der Waals surface area contributed by atoms with Crippen molar-refractivity contribution in [1.29, 1.82) is 0 Å². The van der Waals surface area contributed by atoms with Gasteiger partial charge in [-0.1, -0.05) is 42.8 Å². The van der Waals surface area contributed by atoms with Gasteiger partial charge in [0.25, 0.3) is 0 Å². The molecule has 0 atom stereocenters. The van der Waals surface area contributed by atoms with Crippen molar-refractivity contribution in [3.05, 3.63) is 71.5 Å². The number of para-hydroxylation sites is 1. The first-order chi connectivity index (χ1) is 11.6. The van der Waals surface area contributed by atoms with Crippen molar-refractivity contribution in [2.24, 2.45) is 0 Å². The number of aryl methyl sites for hydroxylation is 3. The van der Waals surface area contributed by atoms with E-state index >= 15 is 0 Å². The molecule has 0 fully saturated rings. The van der Waals surface area contributed by atoms with Gasteiger partial charge in [-0.15, -0.1) is 0 Å². The highest BCUT2D eigenvalue weighted by atomic mass is 15.1. The Morgan fingerprint density at radius 1 is 0.833 bits per heavy atom. The summed E-state index contributed by atoms with van der Waals surface area (Å²) in [4.78, 5) is 8.97. The number of anilines is 4. The molecule has 4 nitrogen and oxygen atoms in total. The average molecular weight is 318 g/mol. The zero-order valence-electron chi connectivity index (χ0n) is 14.3. The molecule has 0 aliphatic rings. The van der Waals surface area contributed by atoms with Gasteiger partial charge in [-0.05, 0) is 44.0 Å². The van der Waals surface area contributed by atoms with Crippen molar-refractivity contribution < 1.29 is 0 Å². The highest BCUT2D eigenvalue weighted by Gasteiger charge is 2.05. The van der Waals surface area contributed by atoms with Crippen LogP contribution in [0.5, 0.6) is 0 Å². The van der Waals surface area contributed by atoms with Gasteiger partial charge >= 0.3 is 0 Å². The molecule has 24 heavy (non-hydrogen) atoms. The minimum Gasteiger partial charge on any atom is -0.340 e. The van der Waals surface area contributed by atoms with E-state index in [1.165, 1.54) is 11.1 Å². The molecule has 2 N–H and O–H groups in total. The first kappa shape index (κ1) is 16.0. The lowest BCUT2D eigenvalue weighted by Crippen LogP contribution is -2.02. The molecule has 4 heteroatoms. The van der Waals surface area contributed by atoms with E-state index in [4.69, 9.17) is 0 Å². The summed E-state index contributed by atoms with van der Waals surface area (Å²) in [6.45, 7) is 6.12. The number of nitrogens with zero attached hydrogens (tertiary/aromatic N) is 2. The molecule has 0 amide bonds. The van der Waals surface area contributed by atoms with Crippen LogP contribution in [-0.2, 0) is 6.42 Å². The van der Waals surface area contributed by atoms with Gasteiger partial charge in [0.2, 0.25) is 0 Å². The summed E-state index contributed by atoms with van der Waals surface area (Å²) in [5.41, 5.74) is 4.60. The minimum atomic E-state index is 0.726. The number of rotatable bonds is 5. The lowest BCUT2D eigenvalue weighted by molar-refractivity contribution is 1.06. The normalized spacial score (nSPS) is 10.5. The van der Waals surface area contributed by atoms with Crippen molar-refractivity contribution in [3.8, 4) is 0 Å². The Morgan fingerprint density at radius 3 is 2.21 bits per heavy atom. The first-order valence-electron chi connectivity index (χ1n) is 8.18. The van der Waals surface area contributed by atoms with Crippen LogP contribution in [0.15, 0.2) is 54.6 Å². The Hall–Kier alpha value is -2.88. The third kappa shape index (κ3) is 3.90. The molecule has 0 bridgehead atoms. The fourth-order valence-corrected chi connectivity index (χ4v) is 2.57. The highest BCUT2D eigenvalue weighted by Crippen LogP contribution is 2.23. The molecule has 2 aromatic carbocycles. The predicted octanol–water partition coefficient (Wildman–Crippen LogP) is 5.14. The molecule has 0 spiro atoms. The molecular weight excluding hydrogens is 296 g/mol. The summed E-state index contributed by atoms with van der Waals surface area (Å²) in [6.07, 6.45) is 0.974. The van der Waals surface area contributed by atoms with Crippen LogP contribution in [0, 0.1) is 13.8 Å². The molecule has 1 aromatic heterocycles. The van der Waals surface area contributed by atoms with E-state index < -0.39 is 0 Å². The highest BCUT2D eigenvalue weighted by molar-refractivity contribution is 5.65. The molecule has 0 saturated carbocycles. The van der Waals surface area contributed by atoms with E-state index in [2.05, 4.69) is 64.8 Å². The van der Waals surface area contributed by atoms with E-state index in [1.54, 1.807) is 0 Å². The van der Waals surface area contributed by atoms with Crippen LogP contribution in [0.4, 0.5) is 23.0 Å². The fraction of sp³-hybridized carbons (Fsp3) is 0.200. The quantitative estimate of drug-likeness (QED) is 0.683. The second-order valence-corrected chi connectivity index (χ2v) is 5.81. The van der Waals surface area contributed by atoms with Crippen LogP contribution in [0.1, 0.15) is 23.9 Å². The molecule has 0 aliphatic carbocycles. The van der Waals surface area contributed by atoms with Crippen LogP contribution in [0.2, 0.25) is 0 Å².